The molecule has 2 unspecified atom stereocenters. The quantitative estimate of drug-likeness (QED) is 0.171. The van der Waals surface area contributed by atoms with Crippen molar-refractivity contribution in [1.82, 2.24) is 4.57 Å². The van der Waals surface area contributed by atoms with Crippen molar-refractivity contribution in [2.75, 3.05) is 4.90 Å². The smallest absolute Gasteiger partial charge is 0.0583 e. The first-order chi connectivity index (χ1) is 31.7. The molecular weight excluding hydrogens is 797 g/mol. The van der Waals surface area contributed by atoms with Gasteiger partial charge in [0.25, 0.3) is 0 Å². The Labute approximate surface area is 388 Å². The van der Waals surface area contributed by atoms with Gasteiger partial charge in [0.15, 0.2) is 0 Å². The van der Waals surface area contributed by atoms with E-state index < -0.39 is 0 Å². The Morgan fingerprint density at radius 2 is 1.03 bits per heavy atom. The summed E-state index contributed by atoms with van der Waals surface area (Å²) in [6.45, 7) is 19.5. The number of rotatable bonds is 4. The highest BCUT2D eigenvalue weighted by molar-refractivity contribution is 6.16. The molecule has 0 radical (unpaired) electrons. The molecule has 8 aromatic carbocycles. The zero-order chi connectivity index (χ0) is 44.8. The van der Waals surface area contributed by atoms with E-state index >= 15 is 0 Å². The minimum absolute atomic E-state index is 0.0189. The summed E-state index contributed by atoms with van der Waals surface area (Å²) in [6, 6.07) is 56.7. The van der Waals surface area contributed by atoms with Gasteiger partial charge >= 0.3 is 0 Å². The van der Waals surface area contributed by atoms with Crippen molar-refractivity contribution in [3.8, 4) is 27.9 Å². The van der Waals surface area contributed by atoms with Crippen LogP contribution in [0.1, 0.15) is 106 Å². The van der Waals surface area contributed by atoms with Gasteiger partial charge in [-0.3, -0.25) is 0 Å². The first-order valence-electron chi connectivity index (χ1n) is 24.1. The lowest BCUT2D eigenvalue weighted by Crippen LogP contribution is -2.33. The summed E-state index contributed by atoms with van der Waals surface area (Å²) in [4.78, 5) is 2.60. The van der Waals surface area contributed by atoms with Crippen LogP contribution in [0.3, 0.4) is 0 Å². The van der Waals surface area contributed by atoms with Gasteiger partial charge in [-0.2, -0.15) is 0 Å². The maximum absolute atomic E-state index is 2.67. The first kappa shape index (κ1) is 38.4. The van der Waals surface area contributed by atoms with Crippen LogP contribution in [0.25, 0.3) is 60.5 Å². The summed E-state index contributed by atoms with van der Waals surface area (Å²) in [6.07, 6.45) is 9.36. The summed E-state index contributed by atoms with van der Waals surface area (Å²) < 4.78 is 2.67. The zero-order valence-corrected chi connectivity index (χ0v) is 39.2. The van der Waals surface area contributed by atoms with Crippen LogP contribution in [0.2, 0.25) is 0 Å². The largest absolute Gasteiger partial charge is 0.310 e. The van der Waals surface area contributed by atoms with Crippen molar-refractivity contribution in [2.45, 2.75) is 83.0 Å². The van der Waals surface area contributed by atoms with E-state index in [2.05, 4.69) is 235 Å². The molecular formula is C64H54N2. The Balaban J connectivity index is 1.08. The highest BCUT2D eigenvalue weighted by Gasteiger charge is 2.46. The van der Waals surface area contributed by atoms with Crippen LogP contribution in [-0.4, -0.2) is 4.57 Å². The molecule has 9 aromatic rings. The predicted octanol–water partition coefficient (Wildman–Crippen LogP) is 16.8. The fraction of sp³-hybridized carbons (Fsp3) is 0.219. The van der Waals surface area contributed by atoms with Gasteiger partial charge in [0, 0.05) is 50.0 Å². The zero-order valence-electron chi connectivity index (χ0n) is 39.2. The Morgan fingerprint density at radius 3 is 1.82 bits per heavy atom. The Bertz CT molecular complexity index is 3730. The summed E-state index contributed by atoms with van der Waals surface area (Å²) >= 11 is 0. The maximum Gasteiger partial charge on any atom is 0.0583 e. The fourth-order valence-electron chi connectivity index (χ4n) is 13.8. The molecule has 5 aliphatic rings. The number of aromatic nitrogens is 1. The van der Waals surface area contributed by atoms with Crippen LogP contribution in [0.5, 0.6) is 0 Å². The highest BCUT2D eigenvalue weighted by Crippen LogP contribution is 2.59. The third kappa shape index (κ3) is 4.72. The molecule has 2 atom stereocenters. The van der Waals surface area contributed by atoms with Gasteiger partial charge in [-0.1, -0.05) is 171 Å². The minimum atomic E-state index is -0.264. The number of nitrogens with zero attached hydrogens (tertiary/aromatic N) is 2. The molecule has 3 aliphatic carbocycles. The number of benzene rings is 8. The molecule has 2 heteroatoms. The molecule has 0 saturated heterocycles. The molecule has 66 heavy (non-hydrogen) atoms. The molecule has 3 heterocycles. The molecule has 2 nitrogen and oxygen atoms in total. The Hall–Kier alpha value is -6.90. The third-order valence-electron chi connectivity index (χ3n) is 17.4. The van der Waals surface area contributed by atoms with Crippen molar-refractivity contribution in [3.05, 3.63) is 214 Å². The van der Waals surface area contributed by atoms with Crippen LogP contribution < -0.4 is 4.90 Å². The topological polar surface area (TPSA) is 8.17 Å². The summed E-state index contributed by atoms with van der Waals surface area (Å²) in [7, 11) is 0. The van der Waals surface area contributed by atoms with Crippen molar-refractivity contribution >= 4 is 49.6 Å². The SMILES string of the molecule is CC1(C)c2ccccc2-c2ccc(N(c3ccc4c(c3)C(C)(C)C3C=CC=CC43)c3cc4c5c(c3)c3cc(-c6ccc7ccccc7c6)cc6c3n5-c3c(cccc3C4(C)C)C6(C)C)cc21. The average molecular weight is 851 g/mol. The molecule has 0 N–H and O–H groups in total. The maximum atomic E-state index is 2.67. The predicted molar refractivity (Wildman–Crippen MR) is 278 cm³/mol. The van der Waals surface area contributed by atoms with E-state index in [9.17, 15) is 0 Å². The summed E-state index contributed by atoms with van der Waals surface area (Å²) in [5.74, 6) is 0.826. The minimum Gasteiger partial charge on any atom is -0.310 e. The van der Waals surface area contributed by atoms with Crippen LogP contribution >= 0.6 is 0 Å². The van der Waals surface area contributed by atoms with Gasteiger partial charge in [-0.25, -0.2) is 0 Å². The van der Waals surface area contributed by atoms with Gasteiger partial charge in [0.1, 0.15) is 0 Å². The van der Waals surface area contributed by atoms with E-state index in [1.54, 1.807) is 0 Å². The van der Waals surface area contributed by atoms with Crippen molar-refractivity contribution < 1.29 is 0 Å². The lowest BCUT2D eigenvalue weighted by molar-refractivity contribution is 0.394. The molecule has 14 rings (SSSR count). The lowest BCUT2D eigenvalue weighted by Gasteiger charge is -2.42. The van der Waals surface area contributed by atoms with Gasteiger partial charge in [-0.05, 0) is 143 Å². The van der Waals surface area contributed by atoms with Crippen molar-refractivity contribution in [2.24, 2.45) is 5.92 Å². The van der Waals surface area contributed by atoms with Crippen LogP contribution in [0.15, 0.2) is 170 Å². The standard InChI is InChI=1S/C64H54N2/c1-61(2)50-20-13-11-18-44(50)46-28-26-41(34-54(46)61)65(42-27-29-47-45-19-12-14-21-51(45)62(3,4)55(47)35-42)43-33-49-48-31-40(39-25-24-37-16-9-10-17-38(37)30-39)32-56-58(48)66-59(49)57(36-43)64(7,8)53-23-15-22-52(60(53)66)63(56,5)6/h9-36,44,50H,1-8H3. The molecule has 0 saturated carbocycles. The van der Waals surface area contributed by atoms with E-state index in [4.69, 9.17) is 0 Å². The number of fused-ring (bicyclic) bond motifs is 8. The lowest BCUT2D eigenvalue weighted by atomic mass is 9.68. The third-order valence-corrected chi connectivity index (χ3v) is 17.4. The number of hydrogen-bond acceptors (Lipinski definition) is 1. The Morgan fingerprint density at radius 1 is 0.424 bits per heavy atom. The molecule has 2 aliphatic heterocycles. The van der Waals surface area contributed by atoms with E-state index in [0.29, 0.717) is 11.8 Å². The molecule has 0 spiro atoms. The number of hydrogen-bond donors (Lipinski definition) is 0. The average Bonchev–Trinajstić information content (AvgIpc) is 3.86. The van der Waals surface area contributed by atoms with Gasteiger partial charge in [-0.15, -0.1) is 0 Å². The van der Waals surface area contributed by atoms with E-state index in [-0.39, 0.29) is 21.7 Å². The molecule has 0 amide bonds. The van der Waals surface area contributed by atoms with Gasteiger partial charge in [0.2, 0.25) is 0 Å². The normalized spacial score (nSPS) is 19.9. The Kier molecular flexibility index (Phi) is 7.27. The molecule has 0 bridgehead atoms. The molecule has 0 fully saturated rings. The van der Waals surface area contributed by atoms with Gasteiger partial charge in [0.05, 0.1) is 16.7 Å². The highest BCUT2D eigenvalue weighted by atomic mass is 15.1. The monoisotopic (exact) mass is 850 g/mol. The second-order valence-electron chi connectivity index (χ2n) is 22.2. The van der Waals surface area contributed by atoms with Crippen LogP contribution in [0.4, 0.5) is 17.1 Å². The van der Waals surface area contributed by atoms with Crippen LogP contribution in [0, 0.1) is 5.92 Å². The number of para-hydroxylation sites is 1. The van der Waals surface area contributed by atoms with Crippen molar-refractivity contribution in [1.29, 1.82) is 0 Å². The summed E-state index contributed by atoms with van der Waals surface area (Å²) in [5.41, 5.74) is 23.5. The number of anilines is 3. The van der Waals surface area contributed by atoms with E-state index in [1.165, 1.54) is 122 Å². The summed E-state index contributed by atoms with van der Waals surface area (Å²) in [5, 5.41) is 5.17. The van der Waals surface area contributed by atoms with E-state index in [0.717, 1.165) is 0 Å². The molecule has 320 valence electrons. The second-order valence-corrected chi connectivity index (χ2v) is 22.2. The molecule has 1 aromatic heterocycles. The fourth-order valence-corrected chi connectivity index (χ4v) is 13.8. The second kappa shape index (κ2) is 12.5. The first-order valence-corrected chi connectivity index (χ1v) is 24.1. The van der Waals surface area contributed by atoms with Gasteiger partial charge < -0.3 is 9.47 Å². The number of allylic oxidation sites excluding steroid dienone is 4. The van der Waals surface area contributed by atoms with Crippen molar-refractivity contribution in [3.63, 3.8) is 0 Å². The van der Waals surface area contributed by atoms with E-state index in [1.807, 2.05) is 0 Å². The van der Waals surface area contributed by atoms with Crippen LogP contribution in [-0.2, 0) is 21.7 Å².